The van der Waals surface area contributed by atoms with Crippen LogP contribution in [0.15, 0.2) is 73.9 Å². The molecule has 0 bridgehead atoms. The molecule has 4 nitrogen and oxygen atoms in total. The van der Waals surface area contributed by atoms with Gasteiger partial charge in [-0.15, -0.1) is 13.2 Å². The molecule has 2 rings (SSSR count). The molecule has 0 saturated heterocycles. The van der Waals surface area contributed by atoms with Gasteiger partial charge in [0.1, 0.15) is 13.2 Å². The summed E-state index contributed by atoms with van der Waals surface area (Å²) in [7, 11) is 3.27. The zero-order valence-corrected chi connectivity index (χ0v) is 16.6. The van der Waals surface area contributed by atoms with Crippen LogP contribution in [0.3, 0.4) is 0 Å². The first kappa shape index (κ1) is 21.2. The topological polar surface area (TPSA) is 36.9 Å². The average molecular weight is 380 g/mol. The number of allylic oxidation sites excluding steroid dienone is 2. The van der Waals surface area contributed by atoms with Crippen molar-refractivity contribution in [2.75, 3.05) is 27.4 Å². The largest absolute Gasteiger partial charge is 0.493 e. The molecule has 0 atom stereocenters. The van der Waals surface area contributed by atoms with Crippen molar-refractivity contribution in [3.8, 4) is 23.0 Å². The summed E-state index contributed by atoms with van der Waals surface area (Å²) >= 11 is 0. The van der Waals surface area contributed by atoms with Crippen LogP contribution in [0.5, 0.6) is 23.0 Å². The third-order valence-corrected chi connectivity index (χ3v) is 4.05. The molecule has 0 radical (unpaired) electrons. The van der Waals surface area contributed by atoms with E-state index in [1.165, 1.54) is 0 Å². The van der Waals surface area contributed by atoms with Gasteiger partial charge in [-0.3, -0.25) is 0 Å². The second-order valence-corrected chi connectivity index (χ2v) is 6.05. The van der Waals surface area contributed by atoms with E-state index in [1.54, 1.807) is 14.2 Å². The fraction of sp³-hybridized carbons (Fsp3) is 0.250. The summed E-state index contributed by atoms with van der Waals surface area (Å²) in [5.41, 5.74) is 2.27. The van der Waals surface area contributed by atoms with E-state index in [0.29, 0.717) is 36.2 Å². The SMILES string of the molecule is C=CCc1ccc(OCC=CCOc2ccc(CC=C)cc2OC)c(OC)c1. The van der Waals surface area contributed by atoms with Crippen LogP contribution >= 0.6 is 0 Å². The summed E-state index contributed by atoms with van der Waals surface area (Å²) in [6.45, 7) is 8.36. The number of hydrogen-bond acceptors (Lipinski definition) is 4. The summed E-state index contributed by atoms with van der Waals surface area (Å²) in [6, 6.07) is 11.8. The lowest BCUT2D eigenvalue weighted by Crippen LogP contribution is -2.00. The number of methoxy groups -OCH3 is 2. The predicted molar refractivity (Wildman–Crippen MR) is 114 cm³/mol. The maximum atomic E-state index is 5.77. The van der Waals surface area contributed by atoms with Gasteiger partial charge in [-0.25, -0.2) is 0 Å². The lowest BCUT2D eigenvalue weighted by atomic mass is 10.1. The summed E-state index contributed by atoms with van der Waals surface area (Å²) in [4.78, 5) is 0. The van der Waals surface area contributed by atoms with Crippen molar-refractivity contribution >= 4 is 0 Å². The quantitative estimate of drug-likeness (QED) is 0.476. The molecule has 2 aromatic rings. The van der Waals surface area contributed by atoms with Crippen molar-refractivity contribution in [2.24, 2.45) is 0 Å². The standard InChI is InChI=1S/C24H28O4/c1-5-9-19-11-13-21(23(17-19)25-3)27-15-7-8-16-28-22-14-12-20(10-6-2)18-24(22)26-4/h5-8,11-14,17-18H,1-2,9-10,15-16H2,3-4H3. The molecule has 0 heterocycles. The lowest BCUT2D eigenvalue weighted by Gasteiger charge is -2.11. The van der Waals surface area contributed by atoms with Gasteiger partial charge in [-0.05, 0) is 60.4 Å². The first-order chi connectivity index (χ1) is 13.7. The van der Waals surface area contributed by atoms with Crippen LogP contribution in [0.1, 0.15) is 11.1 Å². The number of benzene rings is 2. The first-order valence-electron chi connectivity index (χ1n) is 9.18. The van der Waals surface area contributed by atoms with Gasteiger partial charge < -0.3 is 18.9 Å². The van der Waals surface area contributed by atoms with Gasteiger partial charge >= 0.3 is 0 Å². The smallest absolute Gasteiger partial charge is 0.161 e. The van der Waals surface area contributed by atoms with Gasteiger partial charge in [-0.1, -0.05) is 24.3 Å². The van der Waals surface area contributed by atoms with E-state index in [4.69, 9.17) is 18.9 Å². The van der Waals surface area contributed by atoms with Crippen LogP contribution in [-0.4, -0.2) is 27.4 Å². The van der Waals surface area contributed by atoms with Crippen molar-refractivity contribution in [3.63, 3.8) is 0 Å². The highest BCUT2D eigenvalue weighted by atomic mass is 16.5. The molecule has 0 aliphatic rings. The summed E-state index contributed by atoms with van der Waals surface area (Å²) in [6.07, 6.45) is 9.14. The zero-order chi connectivity index (χ0) is 20.2. The Kier molecular flexibility index (Phi) is 8.73. The van der Waals surface area contributed by atoms with Gasteiger partial charge in [0, 0.05) is 0 Å². The van der Waals surface area contributed by atoms with Crippen LogP contribution in [0.4, 0.5) is 0 Å². The lowest BCUT2D eigenvalue weighted by molar-refractivity contribution is 0.318. The van der Waals surface area contributed by atoms with E-state index in [-0.39, 0.29) is 0 Å². The van der Waals surface area contributed by atoms with Crippen molar-refractivity contribution in [1.29, 1.82) is 0 Å². The fourth-order valence-electron chi connectivity index (χ4n) is 2.66. The van der Waals surface area contributed by atoms with E-state index in [1.807, 2.05) is 60.7 Å². The average Bonchev–Trinajstić information content (AvgIpc) is 2.72. The molecule has 0 fully saturated rings. The first-order valence-corrected chi connectivity index (χ1v) is 9.18. The highest BCUT2D eigenvalue weighted by Gasteiger charge is 2.05. The Balaban J connectivity index is 1.85. The summed E-state index contributed by atoms with van der Waals surface area (Å²) < 4.78 is 22.3. The van der Waals surface area contributed by atoms with Crippen molar-refractivity contribution in [3.05, 3.63) is 85.0 Å². The van der Waals surface area contributed by atoms with E-state index in [9.17, 15) is 0 Å². The predicted octanol–water partition coefficient (Wildman–Crippen LogP) is 5.17. The second kappa shape index (κ2) is 11.5. The van der Waals surface area contributed by atoms with Crippen LogP contribution in [0, 0.1) is 0 Å². The second-order valence-electron chi connectivity index (χ2n) is 6.05. The van der Waals surface area contributed by atoms with Crippen LogP contribution in [0.25, 0.3) is 0 Å². The zero-order valence-electron chi connectivity index (χ0n) is 16.6. The van der Waals surface area contributed by atoms with Gasteiger partial charge in [-0.2, -0.15) is 0 Å². The molecular formula is C24H28O4. The Morgan fingerprint density at radius 1 is 0.679 bits per heavy atom. The Morgan fingerprint density at radius 3 is 1.46 bits per heavy atom. The van der Waals surface area contributed by atoms with E-state index < -0.39 is 0 Å². The van der Waals surface area contributed by atoms with Gasteiger partial charge in [0.25, 0.3) is 0 Å². The summed E-state index contributed by atoms with van der Waals surface area (Å²) in [5, 5.41) is 0. The molecule has 0 unspecified atom stereocenters. The molecule has 0 amide bonds. The Morgan fingerprint density at radius 2 is 1.11 bits per heavy atom. The third kappa shape index (κ3) is 6.23. The van der Waals surface area contributed by atoms with E-state index in [2.05, 4.69) is 13.2 Å². The van der Waals surface area contributed by atoms with Crippen LogP contribution in [0.2, 0.25) is 0 Å². The molecule has 148 valence electrons. The minimum Gasteiger partial charge on any atom is -0.493 e. The normalized spacial score (nSPS) is 10.5. The molecule has 0 saturated carbocycles. The minimum atomic E-state index is 0.427. The van der Waals surface area contributed by atoms with Crippen molar-refractivity contribution in [2.45, 2.75) is 12.8 Å². The molecular weight excluding hydrogens is 352 g/mol. The molecule has 0 spiro atoms. The Hall–Kier alpha value is -3.14. The van der Waals surface area contributed by atoms with Gasteiger partial charge in [0.2, 0.25) is 0 Å². The molecule has 4 heteroatoms. The number of ether oxygens (including phenoxy) is 4. The molecule has 28 heavy (non-hydrogen) atoms. The summed E-state index contributed by atoms with van der Waals surface area (Å²) in [5.74, 6) is 2.85. The molecule has 2 aromatic carbocycles. The molecule has 0 aliphatic heterocycles. The Labute approximate surface area is 167 Å². The van der Waals surface area contributed by atoms with Crippen molar-refractivity contribution < 1.29 is 18.9 Å². The van der Waals surface area contributed by atoms with Crippen LogP contribution < -0.4 is 18.9 Å². The molecule has 0 N–H and O–H groups in total. The highest BCUT2D eigenvalue weighted by molar-refractivity contribution is 5.44. The third-order valence-electron chi connectivity index (χ3n) is 4.05. The number of rotatable bonds is 12. The van der Waals surface area contributed by atoms with Gasteiger partial charge in [0.05, 0.1) is 14.2 Å². The van der Waals surface area contributed by atoms with Crippen LogP contribution in [-0.2, 0) is 12.8 Å². The maximum absolute atomic E-state index is 5.77. The van der Waals surface area contributed by atoms with Gasteiger partial charge in [0.15, 0.2) is 23.0 Å². The number of hydrogen-bond donors (Lipinski definition) is 0. The van der Waals surface area contributed by atoms with E-state index in [0.717, 1.165) is 24.0 Å². The fourth-order valence-corrected chi connectivity index (χ4v) is 2.66. The molecule has 0 aromatic heterocycles. The molecule has 0 aliphatic carbocycles. The maximum Gasteiger partial charge on any atom is 0.161 e. The van der Waals surface area contributed by atoms with Crippen molar-refractivity contribution in [1.82, 2.24) is 0 Å². The highest BCUT2D eigenvalue weighted by Crippen LogP contribution is 2.29. The monoisotopic (exact) mass is 380 g/mol. The minimum absolute atomic E-state index is 0.427. The Bertz CT molecular complexity index is 741. The van der Waals surface area contributed by atoms with E-state index >= 15 is 0 Å².